The van der Waals surface area contributed by atoms with E-state index in [0.717, 1.165) is 20.6 Å². The summed E-state index contributed by atoms with van der Waals surface area (Å²) in [6.45, 7) is 1.95. The lowest BCUT2D eigenvalue weighted by Crippen LogP contribution is -2.18. The van der Waals surface area contributed by atoms with Crippen LogP contribution in [0.15, 0.2) is 42.5 Å². The van der Waals surface area contributed by atoms with Crippen LogP contribution in [0.4, 0.5) is 11.4 Å². The third-order valence-electron chi connectivity index (χ3n) is 3.30. The summed E-state index contributed by atoms with van der Waals surface area (Å²) >= 11 is 3.50. The van der Waals surface area contributed by atoms with E-state index in [1.807, 2.05) is 25.1 Å². The van der Waals surface area contributed by atoms with Gasteiger partial charge in [0.1, 0.15) is 5.75 Å². The molecule has 25 heavy (non-hydrogen) atoms. The van der Waals surface area contributed by atoms with Gasteiger partial charge in [-0.15, -0.1) is 11.8 Å². The number of aryl methyl sites for hydroxylation is 1. The monoisotopic (exact) mass is 470 g/mol. The van der Waals surface area contributed by atoms with Crippen LogP contribution in [0.5, 0.6) is 5.75 Å². The Hall–Kier alpha value is -1.74. The SMILES string of the molecule is COc1ccc(NC(=O)CSCC(=O)Nc2ccc(I)cc2C)cc1. The summed E-state index contributed by atoms with van der Waals surface area (Å²) in [4.78, 5) is 23.9. The van der Waals surface area contributed by atoms with Gasteiger partial charge in [-0.05, 0) is 77.5 Å². The van der Waals surface area contributed by atoms with Crippen LogP contribution in [0, 0.1) is 10.5 Å². The molecule has 2 amide bonds. The first-order chi connectivity index (χ1) is 12.0. The average molecular weight is 470 g/mol. The molecule has 0 aromatic heterocycles. The van der Waals surface area contributed by atoms with Gasteiger partial charge in [-0.2, -0.15) is 0 Å². The van der Waals surface area contributed by atoms with Crippen molar-refractivity contribution in [3.8, 4) is 5.75 Å². The first kappa shape index (κ1) is 19.6. The van der Waals surface area contributed by atoms with Crippen molar-refractivity contribution in [1.29, 1.82) is 0 Å². The highest BCUT2D eigenvalue weighted by molar-refractivity contribution is 14.1. The summed E-state index contributed by atoms with van der Waals surface area (Å²) < 4.78 is 6.19. The highest BCUT2D eigenvalue weighted by atomic mass is 127. The molecule has 0 radical (unpaired) electrons. The van der Waals surface area contributed by atoms with Gasteiger partial charge in [0, 0.05) is 14.9 Å². The maximum atomic E-state index is 12.0. The summed E-state index contributed by atoms with van der Waals surface area (Å²) in [5, 5.41) is 5.65. The first-order valence-electron chi connectivity index (χ1n) is 7.55. The Morgan fingerprint density at radius 2 is 1.68 bits per heavy atom. The number of carbonyl (C=O) groups is 2. The second kappa shape index (κ2) is 9.67. The molecule has 0 fully saturated rings. The Bertz CT molecular complexity index is 750. The molecule has 2 N–H and O–H groups in total. The van der Waals surface area contributed by atoms with E-state index in [0.29, 0.717) is 5.69 Å². The number of nitrogens with one attached hydrogen (secondary N) is 2. The van der Waals surface area contributed by atoms with Crippen molar-refractivity contribution in [2.75, 3.05) is 29.2 Å². The van der Waals surface area contributed by atoms with Gasteiger partial charge in [0.15, 0.2) is 0 Å². The Kier molecular flexibility index (Phi) is 7.57. The largest absolute Gasteiger partial charge is 0.497 e. The zero-order valence-corrected chi connectivity index (χ0v) is 16.9. The number of halogens is 1. The number of hydrogen-bond donors (Lipinski definition) is 2. The van der Waals surface area contributed by atoms with Gasteiger partial charge in [0.2, 0.25) is 11.8 Å². The van der Waals surface area contributed by atoms with Crippen molar-refractivity contribution >= 4 is 57.5 Å². The molecule has 0 aliphatic heterocycles. The van der Waals surface area contributed by atoms with E-state index in [1.165, 1.54) is 11.8 Å². The fourth-order valence-electron chi connectivity index (χ4n) is 2.06. The molecule has 0 aliphatic carbocycles. The standard InChI is InChI=1S/C18H19IN2O3S/c1-12-9-13(19)3-8-16(12)21-18(23)11-25-10-17(22)20-14-4-6-15(24-2)7-5-14/h3-9H,10-11H2,1-2H3,(H,20,22)(H,21,23). The van der Waals surface area contributed by atoms with E-state index < -0.39 is 0 Å². The minimum Gasteiger partial charge on any atom is -0.497 e. The fourth-order valence-corrected chi connectivity index (χ4v) is 3.33. The molecule has 0 saturated heterocycles. The molecule has 0 atom stereocenters. The van der Waals surface area contributed by atoms with E-state index in [2.05, 4.69) is 33.2 Å². The number of rotatable bonds is 7. The second-order valence-corrected chi connectivity index (χ2v) is 7.51. The first-order valence-corrected chi connectivity index (χ1v) is 9.79. The van der Waals surface area contributed by atoms with Crippen LogP contribution in [0.3, 0.4) is 0 Å². The van der Waals surface area contributed by atoms with Gasteiger partial charge < -0.3 is 15.4 Å². The van der Waals surface area contributed by atoms with Crippen LogP contribution in [0.2, 0.25) is 0 Å². The van der Waals surface area contributed by atoms with Gasteiger partial charge in [0.25, 0.3) is 0 Å². The molecule has 0 unspecified atom stereocenters. The molecule has 0 bridgehead atoms. The molecule has 0 saturated carbocycles. The predicted molar refractivity (Wildman–Crippen MR) is 111 cm³/mol. The number of amides is 2. The third kappa shape index (κ3) is 6.58. The topological polar surface area (TPSA) is 67.4 Å². The van der Waals surface area contributed by atoms with Crippen LogP contribution in [0.25, 0.3) is 0 Å². The Morgan fingerprint density at radius 1 is 1.04 bits per heavy atom. The van der Waals surface area contributed by atoms with Crippen molar-refractivity contribution in [2.45, 2.75) is 6.92 Å². The van der Waals surface area contributed by atoms with Crippen molar-refractivity contribution < 1.29 is 14.3 Å². The summed E-state index contributed by atoms with van der Waals surface area (Å²) in [5.41, 5.74) is 2.52. The van der Waals surface area contributed by atoms with E-state index in [-0.39, 0.29) is 23.3 Å². The fraction of sp³-hybridized carbons (Fsp3) is 0.222. The van der Waals surface area contributed by atoms with Gasteiger partial charge in [-0.1, -0.05) is 0 Å². The van der Waals surface area contributed by atoms with Crippen LogP contribution in [-0.4, -0.2) is 30.4 Å². The molecule has 0 spiro atoms. The maximum absolute atomic E-state index is 12.0. The van der Waals surface area contributed by atoms with E-state index in [1.54, 1.807) is 31.4 Å². The number of thioether (sulfide) groups is 1. The number of anilines is 2. The Labute approximate surface area is 165 Å². The number of benzene rings is 2. The van der Waals surface area contributed by atoms with E-state index in [9.17, 15) is 9.59 Å². The zero-order chi connectivity index (χ0) is 18.2. The normalized spacial score (nSPS) is 10.2. The van der Waals surface area contributed by atoms with Crippen LogP contribution in [0.1, 0.15) is 5.56 Å². The lowest BCUT2D eigenvalue weighted by atomic mass is 10.2. The van der Waals surface area contributed by atoms with Crippen LogP contribution in [-0.2, 0) is 9.59 Å². The number of carbonyl (C=O) groups excluding carboxylic acids is 2. The molecule has 5 nitrogen and oxygen atoms in total. The zero-order valence-electron chi connectivity index (χ0n) is 14.0. The number of methoxy groups -OCH3 is 1. The second-order valence-electron chi connectivity index (χ2n) is 5.28. The lowest BCUT2D eigenvalue weighted by molar-refractivity contribution is -0.114. The van der Waals surface area contributed by atoms with Crippen LogP contribution < -0.4 is 15.4 Å². The Morgan fingerprint density at radius 3 is 2.28 bits per heavy atom. The summed E-state index contributed by atoms with van der Waals surface area (Å²) in [5.74, 6) is 0.905. The van der Waals surface area contributed by atoms with Crippen LogP contribution >= 0.6 is 34.4 Å². The molecule has 0 aliphatic rings. The highest BCUT2D eigenvalue weighted by Gasteiger charge is 2.08. The molecule has 0 heterocycles. The molecular formula is C18H19IN2O3S. The molecular weight excluding hydrogens is 451 g/mol. The van der Waals surface area contributed by atoms with Crippen molar-refractivity contribution in [3.63, 3.8) is 0 Å². The van der Waals surface area contributed by atoms with E-state index in [4.69, 9.17) is 4.74 Å². The van der Waals surface area contributed by atoms with E-state index >= 15 is 0 Å². The molecule has 132 valence electrons. The molecule has 2 aromatic carbocycles. The quantitative estimate of drug-likeness (QED) is 0.603. The van der Waals surface area contributed by atoms with Crippen molar-refractivity contribution in [2.24, 2.45) is 0 Å². The maximum Gasteiger partial charge on any atom is 0.234 e. The predicted octanol–water partition coefficient (Wildman–Crippen LogP) is 3.92. The number of ether oxygens (including phenoxy) is 1. The van der Waals surface area contributed by atoms with Crippen molar-refractivity contribution in [1.82, 2.24) is 0 Å². The molecule has 2 rings (SSSR count). The summed E-state index contributed by atoms with van der Waals surface area (Å²) in [7, 11) is 1.59. The number of hydrogen-bond acceptors (Lipinski definition) is 4. The summed E-state index contributed by atoms with van der Waals surface area (Å²) in [6, 6.07) is 12.9. The Balaban J connectivity index is 1.73. The smallest absolute Gasteiger partial charge is 0.234 e. The van der Waals surface area contributed by atoms with Crippen molar-refractivity contribution in [3.05, 3.63) is 51.6 Å². The lowest BCUT2D eigenvalue weighted by Gasteiger charge is -2.09. The minimum atomic E-state index is -0.145. The van der Waals surface area contributed by atoms with Gasteiger partial charge in [0.05, 0.1) is 18.6 Å². The third-order valence-corrected chi connectivity index (χ3v) is 4.91. The van der Waals surface area contributed by atoms with Gasteiger partial charge >= 0.3 is 0 Å². The highest BCUT2D eigenvalue weighted by Crippen LogP contribution is 2.18. The average Bonchev–Trinajstić information content (AvgIpc) is 2.58. The van der Waals surface area contributed by atoms with Gasteiger partial charge in [-0.3, -0.25) is 9.59 Å². The minimum absolute atomic E-state index is 0.119. The van der Waals surface area contributed by atoms with Gasteiger partial charge in [-0.25, -0.2) is 0 Å². The summed E-state index contributed by atoms with van der Waals surface area (Å²) in [6.07, 6.45) is 0. The molecule has 7 heteroatoms. The molecule has 2 aromatic rings.